The standard InChI is InChI=1S/C53H37NO/c1-53(2)46-20-7-5-17-43(46)52-47(53)21-11-22-48(52)54(40-15-9-14-38(32-40)42-19-10-13-35-12-3-4-16-41(35)42)39-29-26-34(27-30-39)37-25-24-36-28-31-50-51(45(36)33-37)44-18-6-8-23-49(44)55-50/h3-33H,1-2H3. The summed E-state index contributed by atoms with van der Waals surface area (Å²) >= 11 is 0. The first-order valence-corrected chi connectivity index (χ1v) is 19.1. The van der Waals surface area contributed by atoms with Crippen LogP contribution in [0.2, 0.25) is 0 Å². The lowest BCUT2D eigenvalue weighted by molar-refractivity contribution is 0.660. The molecule has 0 radical (unpaired) electrons. The zero-order chi connectivity index (χ0) is 36.7. The Hall–Kier alpha value is -6.90. The molecule has 0 saturated heterocycles. The van der Waals surface area contributed by atoms with E-state index < -0.39 is 0 Å². The number of hydrogen-bond acceptors (Lipinski definition) is 2. The van der Waals surface area contributed by atoms with Crippen LogP contribution in [0, 0.1) is 0 Å². The first-order valence-electron chi connectivity index (χ1n) is 19.1. The van der Waals surface area contributed by atoms with E-state index in [1.807, 2.05) is 6.07 Å². The SMILES string of the molecule is CC1(C)c2ccccc2-c2c(N(c3ccc(-c4ccc5ccc6oc7ccccc7c6c5c4)cc3)c3cccc(-c4cccc5ccccc45)c3)cccc21. The predicted molar refractivity (Wildman–Crippen MR) is 232 cm³/mol. The second-order valence-electron chi connectivity index (χ2n) is 15.3. The predicted octanol–water partition coefficient (Wildman–Crippen LogP) is 15.0. The lowest BCUT2D eigenvalue weighted by atomic mass is 9.82. The number of hydrogen-bond donors (Lipinski definition) is 0. The average Bonchev–Trinajstić information content (AvgIpc) is 3.74. The van der Waals surface area contributed by atoms with Crippen LogP contribution in [0.1, 0.15) is 25.0 Å². The molecule has 10 aromatic rings. The normalized spacial score (nSPS) is 13.1. The summed E-state index contributed by atoms with van der Waals surface area (Å²) in [5.41, 5.74) is 15.2. The molecule has 55 heavy (non-hydrogen) atoms. The van der Waals surface area contributed by atoms with E-state index in [1.54, 1.807) is 0 Å². The summed E-state index contributed by atoms with van der Waals surface area (Å²) in [6.45, 7) is 4.71. The van der Waals surface area contributed by atoms with Gasteiger partial charge in [0.1, 0.15) is 11.2 Å². The van der Waals surface area contributed by atoms with E-state index in [-0.39, 0.29) is 5.41 Å². The maximum Gasteiger partial charge on any atom is 0.136 e. The van der Waals surface area contributed by atoms with Gasteiger partial charge >= 0.3 is 0 Å². The van der Waals surface area contributed by atoms with Gasteiger partial charge in [-0.2, -0.15) is 0 Å². The van der Waals surface area contributed by atoms with Gasteiger partial charge in [-0.3, -0.25) is 0 Å². The molecule has 1 aliphatic rings. The van der Waals surface area contributed by atoms with E-state index >= 15 is 0 Å². The second kappa shape index (κ2) is 12.1. The molecule has 2 nitrogen and oxygen atoms in total. The average molecular weight is 704 g/mol. The highest BCUT2D eigenvalue weighted by Gasteiger charge is 2.37. The number of benzene rings is 9. The monoisotopic (exact) mass is 703 g/mol. The fourth-order valence-electron chi connectivity index (χ4n) is 9.16. The van der Waals surface area contributed by atoms with Crippen molar-refractivity contribution in [2.75, 3.05) is 4.90 Å². The smallest absolute Gasteiger partial charge is 0.136 e. The first kappa shape index (κ1) is 31.6. The minimum atomic E-state index is -0.107. The van der Waals surface area contributed by atoms with E-state index in [9.17, 15) is 0 Å². The fraction of sp³-hybridized carbons (Fsp3) is 0.0566. The highest BCUT2D eigenvalue weighted by Crippen LogP contribution is 2.54. The molecule has 0 fully saturated rings. The van der Waals surface area contributed by atoms with Crippen molar-refractivity contribution in [2.45, 2.75) is 19.3 Å². The Labute approximate surface area is 320 Å². The Morgan fingerprint density at radius 2 is 1.09 bits per heavy atom. The maximum absolute atomic E-state index is 6.25. The largest absolute Gasteiger partial charge is 0.456 e. The molecule has 0 aliphatic heterocycles. The molecule has 1 heterocycles. The number of rotatable bonds is 5. The van der Waals surface area contributed by atoms with Crippen molar-refractivity contribution in [2.24, 2.45) is 0 Å². The molecule has 0 bridgehead atoms. The van der Waals surface area contributed by atoms with Gasteiger partial charge in [-0.15, -0.1) is 0 Å². The molecule has 0 amide bonds. The van der Waals surface area contributed by atoms with Gasteiger partial charge in [-0.25, -0.2) is 0 Å². The van der Waals surface area contributed by atoms with Crippen LogP contribution in [0.5, 0.6) is 0 Å². The Morgan fingerprint density at radius 3 is 2.00 bits per heavy atom. The van der Waals surface area contributed by atoms with Crippen LogP contribution in [-0.4, -0.2) is 0 Å². The van der Waals surface area contributed by atoms with Crippen LogP contribution in [0.25, 0.3) is 76.9 Å². The summed E-state index contributed by atoms with van der Waals surface area (Å²) in [6.07, 6.45) is 0. The Morgan fingerprint density at radius 1 is 0.418 bits per heavy atom. The van der Waals surface area contributed by atoms with Crippen LogP contribution in [0.3, 0.4) is 0 Å². The molecule has 1 aliphatic carbocycles. The minimum absolute atomic E-state index is 0.107. The highest BCUT2D eigenvalue weighted by molar-refractivity contribution is 6.19. The molecule has 1 aromatic heterocycles. The number of fused-ring (bicyclic) bond motifs is 9. The summed E-state index contributed by atoms with van der Waals surface area (Å²) in [4.78, 5) is 2.46. The van der Waals surface area contributed by atoms with Crippen molar-refractivity contribution in [1.82, 2.24) is 0 Å². The van der Waals surface area contributed by atoms with Crippen LogP contribution in [0.4, 0.5) is 17.1 Å². The summed E-state index contributed by atoms with van der Waals surface area (Å²) in [6, 6.07) is 68.5. The van der Waals surface area contributed by atoms with Crippen molar-refractivity contribution in [3.05, 3.63) is 199 Å². The Balaban J connectivity index is 1.08. The van der Waals surface area contributed by atoms with Gasteiger partial charge in [0.05, 0.1) is 5.69 Å². The molecule has 11 rings (SSSR count). The molecule has 2 heteroatoms. The number of furan rings is 1. The van der Waals surface area contributed by atoms with E-state index in [0.29, 0.717) is 0 Å². The third kappa shape index (κ3) is 4.88. The minimum Gasteiger partial charge on any atom is -0.456 e. The van der Waals surface area contributed by atoms with E-state index in [4.69, 9.17) is 4.42 Å². The third-order valence-corrected chi connectivity index (χ3v) is 11.8. The number of anilines is 3. The van der Waals surface area contributed by atoms with Gasteiger partial charge in [-0.1, -0.05) is 153 Å². The number of para-hydroxylation sites is 1. The Bertz CT molecular complexity index is 3120. The van der Waals surface area contributed by atoms with E-state index in [0.717, 1.165) is 27.9 Å². The summed E-state index contributed by atoms with van der Waals surface area (Å²) in [5.74, 6) is 0. The number of nitrogens with zero attached hydrogens (tertiary/aromatic N) is 1. The quantitative estimate of drug-likeness (QED) is 0.177. The van der Waals surface area contributed by atoms with Crippen LogP contribution >= 0.6 is 0 Å². The van der Waals surface area contributed by atoms with Crippen molar-refractivity contribution in [3.8, 4) is 33.4 Å². The first-order chi connectivity index (χ1) is 27.0. The van der Waals surface area contributed by atoms with Gasteiger partial charge in [0, 0.05) is 33.1 Å². The molecule has 0 atom stereocenters. The van der Waals surface area contributed by atoms with Crippen molar-refractivity contribution >= 4 is 60.5 Å². The summed E-state index contributed by atoms with van der Waals surface area (Å²) in [5, 5.41) is 7.23. The molecular weight excluding hydrogens is 667 g/mol. The maximum atomic E-state index is 6.25. The molecular formula is C53H37NO. The third-order valence-electron chi connectivity index (χ3n) is 11.8. The molecule has 0 N–H and O–H groups in total. The fourth-order valence-corrected chi connectivity index (χ4v) is 9.16. The van der Waals surface area contributed by atoms with Crippen molar-refractivity contribution in [3.63, 3.8) is 0 Å². The molecule has 0 saturated carbocycles. The molecule has 260 valence electrons. The lowest BCUT2D eigenvalue weighted by Gasteiger charge is -2.29. The van der Waals surface area contributed by atoms with Crippen LogP contribution in [0.15, 0.2) is 192 Å². The zero-order valence-electron chi connectivity index (χ0n) is 30.8. The van der Waals surface area contributed by atoms with Crippen molar-refractivity contribution < 1.29 is 4.42 Å². The topological polar surface area (TPSA) is 16.4 Å². The Kier molecular flexibility index (Phi) is 6.93. The van der Waals surface area contributed by atoms with Gasteiger partial charge in [0.15, 0.2) is 0 Å². The second-order valence-corrected chi connectivity index (χ2v) is 15.3. The summed E-state index contributed by atoms with van der Waals surface area (Å²) < 4.78 is 6.25. The van der Waals surface area contributed by atoms with Gasteiger partial charge in [-0.05, 0) is 109 Å². The van der Waals surface area contributed by atoms with Crippen LogP contribution < -0.4 is 4.90 Å². The molecule has 9 aromatic carbocycles. The van der Waals surface area contributed by atoms with E-state index in [1.165, 1.54) is 77.1 Å². The molecule has 0 spiro atoms. The van der Waals surface area contributed by atoms with Gasteiger partial charge < -0.3 is 9.32 Å². The van der Waals surface area contributed by atoms with Gasteiger partial charge in [0.2, 0.25) is 0 Å². The lowest BCUT2D eigenvalue weighted by Crippen LogP contribution is -2.16. The van der Waals surface area contributed by atoms with Crippen molar-refractivity contribution in [1.29, 1.82) is 0 Å². The van der Waals surface area contributed by atoms with Gasteiger partial charge in [0.25, 0.3) is 0 Å². The van der Waals surface area contributed by atoms with E-state index in [2.05, 4.69) is 201 Å². The molecule has 0 unspecified atom stereocenters. The summed E-state index contributed by atoms with van der Waals surface area (Å²) in [7, 11) is 0. The zero-order valence-corrected chi connectivity index (χ0v) is 30.8. The highest BCUT2D eigenvalue weighted by atomic mass is 16.3. The van der Waals surface area contributed by atoms with Crippen LogP contribution in [-0.2, 0) is 5.41 Å².